The summed E-state index contributed by atoms with van der Waals surface area (Å²) in [6.07, 6.45) is 4.59. The van der Waals surface area contributed by atoms with Gasteiger partial charge in [0.1, 0.15) is 4.90 Å². The molecule has 1 saturated carbocycles. The topological polar surface area (TPSA) is 90.0 Å². The molecule has 1 aromatic heterocycles. The molecule has 1 aliphatic carbocycles. The summed E-state index contributed by atoms with van der Waals surface area (Å²) in [6.45, 7) is 3.17. The quantitative estimate of drug-likeness (QED) is 0.780. The fraction of sp³-hybridized carbons (Fsp3) is 0.700. The molecule has 0 saturated heterocycles. The van der Waals surface area contributed by atoms with Gasteiger partial charge in [0.15, 0.2) is 5.82 Å². The first kappa shape index (κ1) is 12.4. The number of hydrogen-bond acceptors (Lipinski definition) is 4. The monoisotopic (exact) mass is 258 g/mol. The minimum Gasteiger partial charge on any atom is -0.381 e. The predicted molar refractivity (Wildman–Crippen MR) is 64.8 cm³/mol. The van der Waals surface area contributed by atoms with Crippen LogP contribution in [0.3, 0.4) is 0 Å². The molecule has 0 atom stereocenters. The van der Waals surface area contributed by atoms with Crippen LogP contribution in [0, 0.1) is 5.92 Å². The van der Waals surface area contributed by atoms with Gasteiger partial charge in [0.25, 0.3) is 0 Å². The van der Waals surface area contributed by atoms with E-state index in [-0.39, 0.29) is 10.7 Å². The molecule has 3 N–H and O–H groups in total. The lowest BCUT2D eigenvalue weighted by molar-refractivity contribution is 0.575. The van der Waals surface area contributed by atoms with E-state index in [4.69, 9.17) is 5.73 Å². The Bertz CT molecular complexity index is 490. The zero-order chi connectivity index (χ0) is 12.5. The summed E-state index contributed by atoms with van der Waals surface area (Å²) in [5, 5.41) is 3.98. The lowest BCUT2D eigenvalue weighted by Crippen LogP contribution is -2.26. The van der Waals surface area contributed by atoms with Gasteiger partial charge in [0.05, 0.1) is 0 Å². The van der Waals surface area contributed by atoms with E-state index in [1.165, 1.54) is 6.20 Å². The van der Waals surface area contributed by atoms with Crippen LogP contribution >= 0.6 is 0 Å². The molecule has 1 fully saturated rings. The van der Waals surface area contributed by atoms with Gasteiger partial charge in [-0.3, -0.25) is 4.68 Å². The van der Waals surface area contributed by atoms with E-state index in [2.05, 4.69) is 9.82 Å². The Morgan fingerprint density at radius 1 is 1.59 bits per heavy atom. The van der Waals surface area contributed by atoms with Crippen molar-refractivity contribution in [3.8, 4) is 0 Å². The normalized spacial score (nSPS) is 16.3. The number of nitrogens with two attached hydrogens (primary N) is 1. The van der Waals surface area contributed by atoms with Gasteiger partial charge in [0, 0.05) is 19.3 Å². The van der Waals surface area contributed by atoms with Crippen LogP contribution in [0.1, 0.15) is 26.2 Å². The van der Waals surface area contributed by atoms with Crippen molar-refractivity contribution in [3.63, 3.8) is 0 Å². The molecule has 0 spiro atoms. The summed E-state index contributed by atoms with van der Waals surface area (Å²) in [7, 11) is -3.50. The van der Waals surface area contributed by atoms with Crippen LogP contribution < -0.4 is 10.5 Å². The zero-order valence-electron chi connectivity index (χ0n) is 9.89. The summed E-state index contributed by atoms with van der Waals surface area (Å²) in [4.78, 5) is 0.0894. The van der Waals surface area contributed by atoms with Crippen LogP contribution in [0.15, 0.2) is 11.1 Å². The Labute approximate surface area is 101 Å². The van der Waals surface area contributed by atoms with Crippen molar-refractivity contribution in [2.24, 2.45) is 5.92 Å². The van der Waals surface area contributed by atoms with Crippen LogP contribution in [-0.2, 0) is 16.6 Å². The average Bonchev–Trinajstić information content (AvgIpc) is 3.00. The second kappa shape index (κ2) is 4.66. The number of anilines is 1. The van der Waals surface area contributed by atoms with Crippen molar-refractivity contribution in [1.29, 1.82) is 0 Å². The number of hydrogen-bond donors (Lipinski definition) is 2. The number of rotatable bonds is 6. The molecule has 0 bridgehead atoms. The average molecular weight is 258 g/mol. The molecule has 2 rings (SSSR count). The molecule has 0 aliphatic heterocycles. The highest BCUT2D eigenvalue weighted by Crippen LogP contribution is 2.28. The molecule has 17 heavy (non-hydrogen) atoms. The van der Waals surface area contributed by atoms with E-state index in [0.717, 1.165) is 19.3 Å². The van der Waals surface area contributed by atoms with Gasteiger partial charge >= 0.3 is 0 Å². The van der Waals surface area contributed by atoms with E-state index >= 15 is 0 Å². The second-order valence-corrected chi connectivity index (χ2v) is 6.17. The number of sulfonamides is 1. The maximum absolute atomic E-state index is 12.0. The van der Waals surface area contributed by atoms with E-state index in [1.807, 2.05) is 6.92 Å². The smallest absolute Gasteiger partial charge is 0.245 e. The zero-order valence-corrected chi connectivity index (χ0v) is 10.7. The van der Waals surface area contributed by atoms with Gasteiger partial charge < -0.3 is 5.73 Å². The third-order valence-corrected chi connectivity index (χ3v) is 4.20. The molecule has 1 heterocycles. The lowest BCUT2D eigenvalue weighted by atomic mass is 10.4. The van der Waals surface area contributed by atoms with Crippen molar-refractivity contribution in [2.75, 3.05) is 12.3 Å². The van der Waals surface area contributed by atoms with Gasteiger partial charge in [-0.15, -0.1) is 0 Å². The molecule has 7 heteroatoms. The highest BCUT2D eigenvalue weighted by Gasteiger charge is 2.26. The van der Waals surface area contributed by atoms with Gasteiger partial charge in [-0.05, 0) is 25.2 Å². The van der Waals surface area contributed by atoms with Gasteiger partial charge in [-0.1, -0.05) is 6.92 Å². The van der Waals surface area contributed by atoms with Crippen LogP contribution in [0.2, 0.25) is 0 Å². The second-order valence-electron chi connectivity index (χ2n) is 4.44. The first-order valence-corrected chi connectivity index (χ1v) is 7.34. The number of aryl methyl sites for hydroxylation is 1. The molecule has 0 amide bonds. The molecule has 1 aliphatic rings. The predicted octanol–water partition coefficient (Wildman–Crippen LogP) is 0.564. The standard InChI is InChI=1S/C10H18N4O2S/c1-2-5-14-7-9(10(11)13-14)17(15,16)12-6-8-3-4-8/h7-8,12H,2-6H2,1H3,(H2,11,13). The Hall–Kier alpha value is -1.08. The van der Waals surface area contributed by atoms with Crippen molar-refractivity contribution < 1.29 is 8.42 Å². The van der Waals surface area contributed by atoms with Crippen LogP contribution in [0.5, 0.6) is 0 Å². The Balaban J connectivity index is 2.12. The SMILES string of the molecule is CCCn1cc(S(=O)(=O)NCC2CC2)c(N)n1. The van der Waals surface area contributed by atoms with Gasteiger partial charge in [0.2, 0.25) is 10.0 Å². The van der Waals surface area contributed by atoms with Crippen LogP contribution in [0.25, 0.3) is 0 Å². The Morgan fingerprint density at radius 3 is 2.88 bits per heavy atom. The molecule has 1 aromatic rings. The molecule has 6 nitrogen and oxygen atoms in total. The van der Waals surface area contributed by atoms with E-state index in [1.54, 1.807) is 4.68 Å². The Morgan fingerprint density at radius 2 is 2.29 bits per heavy atom. The molecule has 0 radical (unpaired) electrons. The molecular formula is C10H18N4O2S. The van der Waals surface area contributed by atoms with E-state index in [0.29, 0.717) is 19.0 Å². The highest BCUT2D eigenvalue weighted by molar-refractivity contribution is 7.89. The summed E-state index contributed by atoms with van der Waals surface area (Å²) in [6, 6.07) is 0. The fourth-order valence-electron chi connectivity index (χ4n) is 1.60. The summed E-state index contributed by atoms with van der Waals surface area (Å²) in [5.74, 6) is 0.568. The minimum absolute atomic E-state index is 0.0711. The highest BCUT2D eigenvalue weighted by atomic mass is 32.2. The van der Waals surface area contributed by atoms with E-state index in [9.17, 15) is 8.42 Å². The third-order valence-electron chi connectivity index (χ3n) is 2.76. The molecule has 0 aromatic carbocycles. The summed E-state index contributed by atoms with van der Waals surface area (Å²) < 4.78 is 28.1. The number of nitrogen functional groups attached to an aromatic ring is 1. The van der Waals surface area contributed by atoms with E-state index < -0.39 is 10.0 Å². The maximum atomic E-state index is 12.0. The first-order chi connectivity index (χ1) is 8.03. The molecular weight excluding hydrogens is 240 g/mol. The van der Waals surface area contributed by atoms with Crippen molar-refractivity contribution >= 4 is 15.8 Å². The lowest BCUT2D eigenvalue weighted by Gasteiger charge is -2.03. The minimum atomic E-state index is -3.50. The number of nitrogens with zero attached hydrogens (tertiary/aromatic N) is 2. The summed E-state index contributed by atoms with van der Waals surface area (Å²) in [5.41, 5.74) is 5.63. The largest absolute Gasteiger partial charge is 0.381 e. The first-order valence-electron chi connectivity index (χ1n) is 5.85. The molecule has 0 unspecified atom stereocenters. The third kappa shape index (κ3) is 2.98. The number of nitrogens with one attached hydrogen (secondary N) is 1. The van der Waals surface area contributed by atoms with Crippen molar-refractivity contribution in [3.05, 3.63) is 6.20 Å². The summed E-state index contributed by atoms with van der Waals surface area (Å²) >= 11 is 0. The van der Waals surface area contributed by atoms with Crippen LogP contribution in [-0.4, -0.2) is 24.7 Å². The van der Waals surface area contributed by atoms with Crippen molar-refractivity contribution in [1.82, 2.24) is 14.5 Å². The maximum Gasteiger partial charge on any atom is 0.245 e. The van der Waals surface area contributed by atoms with Gasteiger partial charge in [-0.2, -0.15) is 5.10 Å². The fourth-order valence-corrected chi connectivity index (χ4v) is 2.78. The van der Waals surface area contributed by atoms with Crippen LogP contribution in [0.4, 0.5) is 5.82 Å². The van der Waals surface area contributed by atoms with Gasteiger partial charge in [-0.25, -0.2) is 13.1 Å². The molecule has 96 valence electrons. The number of aromatic nitrogens is 2. The Kier molecular flexibility index (Phi) is 3.39. The van der Waals surface area contributed by atoms with Crippen molar-refractivity contribution in [2.45, 2.75) is 37.6 Å².